The van der Waals surface area contributed by atoms with Gasteiger partial charge in [-0.05, 0) is 25.2 Å². The lowest BCUT2D eigenvalue weighted by Gasteiger charge is -2.18. The first-order chi connectivity index (χ1) is 24.4. The molecule has 50 heavy (non-hydrogen) atoms. The molecular formula is C44H84O6. The molecule has 0 heterocycles. The monoisotopic (exact) mass is 709 g/mol. The van der Waals surface area contributed by atoms with Crippen molar-refractivity contribution in [1.29, 1.82) is 0 Å². The summed E-state index contributed by atoms with van der Waals surface area (Å²) in [4.78, 5) is 37.4. The van der Waals surface area contributed by atoms with Crippen LogP contribution in [0.1, 0.15) is 240 Å². The summed E-state index contributed by atoms with van der Waals surface area (Å²) >= 11 is 0. The van der Waals surface area contributed by atoms with E-state index in [-0.39, 0.29) is 31.1 Å². The van der Waals surface area contributed by atoms with E-state index in [1.807, 2.05) is 0 Å². The Morgan fingerprint density at radius 2 is 0.660 bits per heavy atom. The van der Waals surface area contributed by atoms with E-state index in [0.29, 0.717) is 19.3 Å². The van der Waals surface area contributed by atoms with Gasteiger partial charge in [-0.15, -0.1) is 0 Å². The highest BCUT2D eigenvalue weighted by atomic mass is 16.6. The van der Waals surface area contributed by atoms with Crippen molar-refractivity contribution in [3.05, 3.63) is 0 Å². The van der Waals surface area contributed by atoms with Crippen LogP contribution >= 0.6 is 0 Å². The Bertz CT molecular complexity index is 751. The molecule has 0 saturated carbocycles. The van der Waals surface area contributed by atoms with Crippen LogP contribution in [0, 0.1) is 5.92 Å². The smallest absolute Gasteiger partial charge is 0.306 e. The van der Waals surface area contributed by atoms with Gasteiger partial charge >= 0.3 is 17.9 Å². The third kappa shape index (κ3) is 37.7. The fraction of sp³-hybridized carbons (Fsp3) is 0.932. The lowest BCUT2D eigenvalue weighted by molar-refractivity contribution is -0.167. The number of ether oxygens (including phenoxy) is 3. The van der Waals surface area contributed by atoms with Crippen molar-refractivity contribution in [2.75, 3.05) is 13.2 Å². The maximum absolute atomic E-state index is 12.5. The Morgan fingerprint density at radius 3 is 0.980 bits per heavy atom. The van der Waals surface area contributed by atoms with Crippen LogP contribution in [0.5, 0.6) is 0 Å². The average Bonchev–Trinajstić information content (AvgIpc) is 3.09. The van der Waals surface area contributed by atoms with Crippen LogP contribution in [0.3, 0.4) is 0 Å². The first-order valence-corrected chi connectivity index (χ1v) is 21.9. The van der Waals surface area contributed by atoms with Gasteiger partial charge in [-0.25, -0.2) is 0 Å². The van der Waals surface area contributed by atoms with Crippen LogP contribution in [0.2, 0.25) is 0 Å². The van der Waals surface area contributed by atoms with E-state index in [1.165, 1.54) is 128 Å². The summed E-state index contributed by atoms with van der Waals surface area (Å²) in [5.74, 6) is -0.0372. The van der Waals surface area contributed by atoms with Gasteiger partial charge in [0.2, 0.25) is 0 Å². The second-order valence-electron chi connectivity index (χ2n) is 15.5. The first kappa shape index (κ1) is 48.4. The highest BCUT2D eigenvalue weighted by molar-refractivity contribution is 5.71. The topological polar surface area (TPSA) is 78.9 Å². The fourth-order valence-corrected chi connectivity index (χ4v) is 6.45. The minimum absolute atomic E-state index is 0.0654. The predicted octanol–water partition coefficient (Wildman–Crippen LogP) is 13.6. The molecule has 0 fully saturated rings. The number of carbonyl (C=O) groups excluding carboxylic acids is 3. The van der Waals surface area contributed by atoms with Gasteiger partial charge in [-0.2, -0.15) is 0 Å². The average molecular weight is 709 g/mol. The quantitative estimate of drug-likeness (QED) is 0.0359. The zero-order valence-corrected chi connectivity index (χ0v) is 33.9. The summed E-state index contributed by atoms with van der Waals surface area (Å²) in [6, 6.07) is 0. The Labute approximate surface area is 310 Å². The van der Waals surface area contributed by atoms with Crippen molar-refractivity contribution in [1.82, 2.24) is 0 Å². The summed E-state index contributed by atoms with van der Waals surface area (Å²) < 4.78 is 16.6. The van der Waals surface area contributed by atoms with Crippen molar-refractivity contribution < 1.29 is 28.6 Å². The summed E-state index contributed by atoms with van der Waals surface area (Å²) in [6.45, 7) is 8.91. The zero-order valence-electron chi connectivity index (χ0n) is 33.9. The molecule has 0 aromatic heterocycles. The van der Waals surface area contributed by atoms with Crippen molar-refractivity contribution >= 4 is 17.9 Å². The summed E-state index contributed by atoms with van der Waals surface area (Å²) in [6.07, 6.45) is 36.9. The van der Waals surface area contributed by atoms with E-state index in [0.717, 1.165) is 70.1 Å². The van der Waals surface area contributed by atoms with E-state index < -0.39 is 6.10 Å². The molecule has 0 saturated heterocycles. The van der Waals surface area contributed by atoms with Gasteiger partial charge in [0.15, 0.2) is 6.10 Å². The molecule has 0 bridgehead atoms. The van der Waals surface area contributed by atoms with Gasteiger partial charge in [-0.3, -0.25) is 14.4 Å². The molecule has 0 aromatic rings. The molecule has 0 amide bonds. The molecule has 296 valence electrons. The normalized spacial score (nSPS) is 11.9. The Balaban J connectivity index is 4.15. The van der Waals surface area contributed by atoms with Crippen LogP contribution in [0.4, 0.5) is 0 Å². The lowest BCUT2D eigenvalue weighted by atomic mass is 10.0. The Morgan fingerprint density at radius 1 is 0.380 bits per heavy atom. The summed E-state index contributed by atoms with van der Waals surface area (Å²) in [7, 11) is 0. The van der Waals surface area contributed by atoms with Crippen LogP contribution in [0.15, 0.2) is 0 Å². The van der Waals surface area contributed by atoms with Gasteiger partial charge < -0.3 is 14.2 Å². The van der Waals surface area contributed by atoms with Crippen LogP contribution in [0.25, 0.3) is 0 Å². The molecule has 0 rings (SSSR count). The standard InChI is InChI=1S/C44H84O6/c1-5-7-9-11-12-13-14-18-21-24-28-31-35-42(45)48-38-41(50-44(47)37-33-26-10-8-6-2)39-49-43(46)36-32-29-25-22-19-16-15-17-20-23-27-30-34-40(3)4/h40-41H,5-39H2,1-4H3/t41-/m1/s1. The number of hydrogen-bond donors (Lipinski definition) is 0. The van der Waals surface area contributed by atoms with Gasteiger partial charge in [0, 0.05) is 19.3 Å². The van der Waals surface area contributed by atoms with Crippen LogP contribution in [-0.2, 0) is 28.6 Å². The highest BCUT2D eigenvalue weighted by Crippen LogP contribution is 2.16. The molecule has 0 spiro atoms. The summed E-state index contributed by atoms with van der Waals surface area (Å²) in [5.41, 5.74) is 0. The molecule has 6 nitrogen and oxygen atoms in total. The lowest BCUT2D eigenvalue weighted by Crippen LogP contribution is -2.30. The summed E-state index contributed by atoms with van der Waals surface area (Å²) in [5, 5.41) is 0. The second-order valence-corrected chi connectivity index (χ2v) is 15.5. The molecule has 1 atom stereocenters. The van der Waals surface area contributed by atoms with Crippen LogP contribution < -0.4 is 0 Å². The molecular weight excluding hydrogens is 624 g/mol. The van der Waals surface area contributed by atoms with E-state index in [4.69, 9.17) is 14.2 Å². The van der Waals surface area contributed by atoms with Gasteiger partial charge in [0.05, 0.1) is 0 Å². The maximum Gasteiger partial charge on any atom is 0.306 e. The molecule has 0 unspecified atom stereocenters. The van der Waals surface area contributed by atoms with Gasteiger partial charge in [0.1, 0.15) is 13.2 Å². The van der Waals surface area contributed by atoms with Crippen molar-refractivity contribution in [3.63, 3.8) is 0 Å². The molecule has 0 N–H and O–H groups in total. The van der Waals surface area contributed by atoms with Crippen molar-refractivity contribution in [3.8, 4) is 0 Å². The largest absolute Gasteiger partial charge is 0.462 e. The molecule has 0 aliphatic carbocycles. The van der Waals surface area contributed by atoms with Gasteiger partial charge in [-0.1, -0.05) is 201 Å². The fourth-order valence-electron chi connectivity index (χ4n) is 6.45. The van der Waals surface area contributed by atoms with Crippen molar-refractivity contribution in [2.24, 2.45) is 5.92 Å². The maximum atomic E-state index is 12.5. The number of esters is 3. The van der Waals surface area contributed by atoms with Crippen LogP contribution in [-0.4, -0.2) is 37.2 Å². The van der Waals surface area contributed by atoms with E-state index in [1.54, 1.807) is 0 Å². The van der Waals surface area contributed by atoms with Gasteiger partial charge in [0.25, 0.3) is 0 Å². The Hall–Kier alpha value is -1.59. The molecule has 6 heteroatoms. The van der Waals surface area contributed by atoms with E-state index >= 15 is 0 Å². The second kappa shape index (κ2) is 38.6. The number of unbranched alkanes of at least 4 members (excludes halogenated alkanes) is 26. The first-order valence-electron chi connectivity index (χ1n) is 21.9. The number of carbonyl (C=O) groups is 3. The molecule has 0 aliphatic heterocycles. The third-order valence-corrected chi connectivity index (χ3v) is 9.79. The molecule has 0 aromatic carbocycles. The van der Waals surface area contributed by atoms with E-state index in [2.05, 4.69) is 27.7 Å². The number of hydrogen-bond acceptors (Lipinski definition) is 6. The van der Waals surface area contributed by atoms with E-state index in [9.17, 15) is 14.4 Å². The Kier molecular flexibility index (Phi) is 37.4. The highest BCUT2D eigenvalue weighted by Gasteiger charge is 2.19. The molecule has 0 radical (unpaired) electrons. The zero-order chi connectivity index (χ0) is 36.8. The SMILES string of the molecule is CCCCCCCCCCCCCCC(=O)OC[C@H](COC(=O)CCCCCCCCCCCCCCC(C)C)OC(=O)CCCCCCC. The minimum atomic E-state index is -0.756. The predicted molar refractivity (Wildman–Crippen MR) is 210 cm³/mol. The minimum Gasteiger partial charge on any atom is -0.462 e. The van der Waals surface area contributed by atoms with Crippen molar-refractivity contribution in [2.45, 2.75) is 246 Å². The third-order valence-electron chi connectivity index (χ3n) is 9.79. The number of rotatable bonds is 39. The molecule has 0 aliphatic rings.